The van der Waals surface area contributed by atoms with Crippen LogP contribution in [0.15, 0.2) is 18.7 Å². The average molecular weight is 189 g/mol. The maximum absolute atomic E-state index is 11.2. The van der Waals surface area contributed by atoms with Crippen LogP contribution in [-0.2, 0) is 0 Å². The van der Waals surface area contributed by atoms with Crippen molar-refractivity contribution in [3.63, 3.8) is 0 Å². The molecule has 0 unspecified atom stereocenters. The van der Waals surface area contributed by atoms with Gasteiger partial charge in [0.2, 0.25) is 5.82 Å². The van der Waals surface area contributed by atoms with E-state index in [0.717, 1.165) is 0 Å². The fraction of sp³-hybridized carbons (Fsp3) is 0.125. The number of ketones is 1. The van der Waals surface area contributed by atoms with Gasteiger partial charge < -0.3 is 0 Å². The predicted molar refractivity (Wildman–Crippen MR) is 47.4 cm³/mol. The van der Waals surface area contributed by atoms with Crippen molar-refractivity contribution in [2.24, 2.45) is 0 Å². The largest absolute Gasteiger partial charge is 0.293 e. The molecule has 0 bridgehead atoms. The third kappa shape index (κ3) is 1.37. The van der Waals surface area contributed by atoms with Gasteiger partial charge >= 0.3 is 0 Å². The number of Topliss-reactive ketones (excluding diaryl/α,β-unsaturated/α-hetero) is 1. The maximum Gasteiger partial charge on any atom is 0.201 e. The Morgan fingerprint density at radius 1 is 1.29 bits per heavy atom. The van der Waals surface area contributed by atoms with E-state index < -0.39 is 0 Å². The lowest BCUT2D eigenvalue weighted by molar-refractivity contribution is 0.101. The van der Waals surface area contributed by atoms with Gasteiger partial charge in [-0.25, -0.2) is 15.0 Å². The minimum absolute atomic E-state index is 0.155. The van der Waals surface area contributed by atoms with Crippen molar-refractivity contribution >= 4 is 5.78 Å². The summed E-state index contributed by atoms with van der Waals surface area (Å²) in [5, 5.41) is 6.39. The Balaban J connectivity index is 2.58. The van der Waals surface area contributed by atoms with Crippen molar-refractivity contribution in [2.75, 3.05) is 0 Å². The molecule has 2 aromatic rings. The van der Waals surface area contributed by atoms with Gasteiger partial charge in [0, 0.05) is 19.3 Å². The average Bonchev–Trinajstić information content (AvgIpc) is 2.70. The summed E-state index contributed by atoms with van der Waals surface area (Å²) < 4.78 is 0. The van der Waals surface area contributed by atoms with E-state index in [2.05, 4.69) is 25.1 Å². The Kier molecular flexibility index (Phi) is 2.02. The minimum Gasteiger partial charge on any atom is -0.293 e. The standard InChI is InChI=1S/C8H7N5O/c1-5(14)6-7(10-3-2-9-6)8-11-4-12-13-8/h2-4H,1H3,(H,11,12,13). The number of rotatable bonds is 2. The molecular formula is C8H7N5O. The number of aromatic amines is 1. The van der Waals surface area contributed by atoms with Gasteiger partial charge in [0.1, 0.15) is 17.7 Å². The van der Waals surface area contributed by atoms with E-state index in [1.165, 1.54) is 25.6 Å². The minimum atomic E-state index is -0.155. The van der Waals surface area contributed by atoms with E-state index in [1.807, 2.05) is 0 Å². The second-order valence-electron chi connectivity index (χ2n) is 2.63. The first kappa shape index (κ1) is 8.49. The molecule has 0 radical (unpaired) electrons. The molecule has 0 fully saturated rings. The molecule has 0 atom stereocenters. The van der Waals surface area contributed by atoms with Crippen LogP contribution in [0.25, 0.3) is 11.5 Å². The number of nitrogens with zero attached hydrogens (tertiary/aromatic N) is 4. The fourth-order valence-corrected chi connectivity index (χ4v) is 1.08. The zero-order valence-corrected chi connectivity index (χ0v) is 7.43. The normalized spacial score (nSPS) is 10.1. The van der Waals surface area contributed by atoms with Crippen molar-refractivity contribution in [3.05, 3.63) is 24.4 Å². The lowest BCUT2D eigenvalue weighted by Crippen LogP contribution is -2.02. The summed E-state index contributed by atoms with van der Waals surface area (Å²) in [6, 6.07) is 0. The van der Waals surface area contributed by atoms with Crippen molar-refractivity contribution in [2.45, 2.75) is 6.92 Å². The van der Waals surface area contributed by atoms with Gasteiger partial charge in [-0.05, 0) is 0 Å². The SMILES string of the molecule is CC(=O)c1nccnc1-c1nc[nH]n1. The number of aromatic nitrogens is 5. The first-order valence-corrected chi connectivity index (χ1v) is 3.97. The van der Waals surface area contributed by atoms with Gasteiger partial charge in [-0.2, -0.15) is 5.10 Å². The predicted octanol–water partition coefficient (Wildman–Crippen LogP) is 0.464. The zero-order valence-electron chi connectivity index (χ0n) is 7.43. The van der Waals surface area contributed by atoms with Gasteiger partial charge in [0.25, 0.3) is 0 Å². The third-order valence-corrected chi connectivity index (χ3v) is 1.66. The molecule has 2 rings (SSSR count). The summed E-state index contributed by atoms with van der Waals surface area (Å²) in [7, 11) is 0. The Morgan fingerprint density at radius 3 is 2.71 bits per heavy atom. The van der Waals surface area contributed by atoms with E-state index in [4.69, 9.17) is 0 Å². The lowest BCUT2D eigenvalue weighted by atomic mass is 10.2. The summed E-state index contributed by atoms with van der Waals surface area (Å²) in [6.45, 7) is 1.43. The van der Waals surface area contributed by atoms with Gasteiger partial charge in [-0.1, -0.05) is 0 Å². The summed E-state index contributed by atoms with van der Waals surface area (Å²) in [4.78, 5) is 23.0. The van der Waals surface area contributed by atoms with Crippen molar-refractivity contribution < 1.29 is 4.79 Å². The van der Waals surface area contributed by atoms with E-state index in [1.54, 1.807) is 0 Å². The molecule has 0 aliphatic carbocycles. The topological polar surface area (TPSA) is 84.4 Å². The highest BCUT2D eigenvalue weighted by atomic mass is 16.1. The molecule has 0 saturated carbocycles. The number of hydrogen-bond donors (Lipinski definition) is 1. The molecule has 70 valence electrons. The maximum atomic E-state index is 11.2. The Bertz CT molecular complexity index is 451. The van der Waals surface area contributed by atoms with E-state index in [-0.39, 0.29) is 11.5 Å². The van der Waals surface area contributed by atoms with Crippen LogP contribution in [0, 0.1) is 0 Å². The molecule has 0 aromatic carbocycles. The molecule has 6 heteroatoms. The van der Waals surface area contributed by atoms with Crippen LogP contribution in [0.3, 0.4) is 0 Å². The highest BCUT2D eigenvalue weighted by molar-refractivity contribution is 5.96. The molecule has 6 nitrogen and oxygen atoms in total. The van der Waals surface area contributed by atoms with Crippen LogP contribution < -0.4 is 0 Å². The van der Waals surface area contributed by atoms with Gasteiger partial charge in [-0.3, -0.25) is 9.89 Å². The van der Waals surface area contributed by atoms with Crippen LogP contribution in [-0.4, -0.2) is 30.9 Å². The van der Waals surface area contributed by atoms with Gasteiger partial charge in [0.15, 0.2) is 5.78 Å². The second kappa shape index (κ2) is 3.33. The number of carbonyl (C=O) groups excluding carboxylic acids is 1. The van der Waals surface area contributed by atoms with Crippen LogP contribution in [0.5, 0.6) is 0 Å². The molecule has 0 spiro atoms. The quantitative estimate of drug-likeness (QED) is 0.694. The van der Waals surface area contributed by atoms with Crippen LogP contribution in [0.2, 0.25) is 0 Å². The molecule has 2 heterocycles. The van der Waals surface area contributed by atoms with Crippen LogP contribution >= 0.6 is 0 Å². The van der Waals surface area contributed by atoms with E-state index >= 15 is 0 Å². The monoisotopic (exact) mass is 189 g/mol. The number of hydrogen-bond acceptors (Lipinski definition) is 5. The van der Waals surface area contributed by atoms with Crippen molar-refractivity contribution in [1.82, 2.24) is 25.1 Å². The molecule has 0 amide bonds. The molecule has 2 aromatic heterocycles. The van der Waals surface area contributed by atoms with Crippen molar-refractivity contribution in [3.8, 4) is 11.5 Å². The molecular weight excluding hydrogens is 182 g/mol. The smallest absolute Gasteiger partial charge is 0.201 e. The van der Waals surface area contributed by atoms with Crippen LogP contribution in [0.1, 0.15) is 17.4 Å². The first-order valence-electron chi connectivity index (χ1n) is 3.97. The fourth-order valence-electron chi connectivity index (χ4n) is 1.08. The Hall–Kier alpha value is -2.11. The third-order valence-electron chi connectivity index (χ3n) is 1.66. The second-order valence-corrected chi connectivity index (χ2v) is 2.63. The lowest BCUT2D eigenvalue weighted by Gasteiger charge is -1.98. The molecule has 0 aliphatic heterocycles. The van der Waals surface area contributed by atoms with Gasteiger partial charge in [-0.15, -0.1) is 0 Å². The molecule has 1 N–H and O–H groups in total. The van der Waals surface area contributed by atoms with Crippen molar-refractivity contribution in [1.29, 1.82) is 0 Å². The number of H-pyrrole nitrogens is 1. The number of carbonyl (C=O) groups is 1. The molecule has 0 saturated heterocycles. The zero-order chi connectivity index (χ0) is 9.97. The molecule has 14 heavy (non-hydrogen) atoms. The summed E-state index contributed by atoms with van der Waals surface area (Å²) >= 11 is 0. The highest BCUT2D eigenvalue weighted by Crippen LogP contribution is 2.13. The van der Waals surface area contributed by atoms with Gasteiger partial charge in [0.05, 0.1) is 0 Å². The number of nitrogens with one attached hydrogen (secondary N) is 1. The highest BCUT2D eigenvalue weighted by Gasteiger charge is 2.13. The Labute approximate surface area is 79.4 Å². The summed E-state index contributed by atoms with van der Waals surface area (Å²) in [6.07, 6.45) is 4.39. The van der Waals surface area contributed by atoms with Crippen LogP contribution in [0.4, 0.5) is 0 Å². The first-order chi connectivity index (χ1) is 6.79. The Morgan fingerprint density at radius 2 is 2.07 bits per heavy atom. The summed E-state index contributed by atoms with van der Waals surface area (Å²) in [5.41, 5.74) is 0.688. The van der Waals surface area contributed by atoms with E-state index in [0.29, 0.717) is 11.5 Å². The summed E-state index contributed by atoms with van der Waals surface area (Å²) in [5.74, 6) is 0.223. The van der Waals surface area contributed by atoms with E-state index in [9.17, 15) is 4.79 Å². The molecule has 0 aliphatic rings.